The lowest BCUT2D eigenvalue weighted by Crippen LogP contribution is -2.26. The Morgan fingerprint density at radius 1 is 1.35 bits per heavy atom. The van der Waals surface area contributed by atoms with Gasteiger partial charge in [-0.2, -0.15) is 0 Å². The molecule has 0 saturated heterocycles. The molecule has 0 unspecified atom stereocenters. The number of benzene rings is 1. The number of thioether (sulfide) groups is 1. The van der Waals surface area contributed by atoms with Gasteiger partial charge in [0.15, 0.2) is 5.58 Å². The van der Waals surface area contributed by atoms with Gasteiger partial charge in [0.2, 0.25) is 5.91 Å². The van der Waals surface area contributed by atoms with Crippen molar-refractivity contribution in [3.63, 3.8) is 0 Å². The van der Waals surface area contributed by atoms with Gasteiger partial charge >= 0.3 is 5.97 Å². The van der Waals surface area contributed by atoms with Gasteiger partial charge in [0.05, 0.1) is 5.75 Å². The standard InChI is InChI=1S/C13H14N2O4S/c16-11(14-7-3-6-12(17)18)8-20-13-15-9-4-1-2-5-10(9)19-13/h1-2,4-5H,3,6-8H2,(H,14,16)(H,17,18). The van der Waals surface area contributed by atoms with Crippen LogP contribution in [0, 0.1) is 0 Å². The first kappa shape index (κ1) is 14.4. The normalized spacial score (nSPS) is 10.6. The molecule has 0 aliphatic carbocycles. The third kappa shape index (κ3) is 4.27. The summed E-state index contributed by atoms with van der Waals surface area (Å²) in [6.45, 7) is 0.360. The second kappa shape index (κ2) is 6.95. The summed E-state index contributed by atoms with van der Waals surface area (Å²) in [5.74, 6) is -0.831. The van der Waals surface area contributed by atoms with Crippen LogP contribution in [0.15, 0.2) is 33.9 Å². The van der Waals surface area contributed by atoms with E-state index in [1.165, 1.54) is 11.8 Å². The van der Waals surface area contributed by atoms with Gasteiger partial charge in [-0.15, -0.1) is 0 Å². The lowest BCUT2D eigenvalue weighted by molar-refractivity contribution is -0.137. The number of rotatable bonds is 7. The van der Waals surface area contributed by atoms with Crippen molar-refractivity contribution in [2.75, 3.05) is 12.3 Å². The highest BCUT2D eigenvalue weighted by Crippen LogP contribution is 2.22. The third-order valence-electron chi connectivity index (χ3n) is 2.49. The molecule has 20 heavy (non-hydrogen) atoms. The van der Waals surface area contributed by atoms with Gasteiger partial charge in [-0.3, -0.25) is 9.59 Å². The maximum absolute atomic E-state index is 11.5. The fraction of sp³-hybridized carbons (Fsp3) is 0.308. The van der Waals surface area contributed by atoms with Crippen LogP contribution in [0.25, 0.3) is 11.1 Å². The number of carboxylic acids is 1. The molecule has 0 radical (unpaired) electrons. The number of carbonyl (C=O) groups is 2. The minimum absolute atomic E-state index is 0.0541. The maximum atomic E-state index is 11.5. The molecule has 7 heteroatoms. The van der Waals surface area contributed by atoms with E-state index >= 15 is 0 Å². The van der Waals surface area contributed by atoms with Crippen molar-refractivity contribution < 1.29 is 19.1 Å². The SMILES string of the molecule is O=C(O)CCCNC(=O)CSc1nc2ccccc2o1. The molecule has 2 aromatic rings. The number of nitrogens with one attached hydrogen (secondary N) is 1. The second-order valence-electron chi connectivity index (χ2n) is 4.08. The van der Waals surface area contributed by atoms with Crippen LogP contribution in [0.1, 0.15) is 12.8 Å². The average molecular weight is 294 g/mol. The monoisotopic (exact) mass is 294 g/mol. The third-order valence-corrected chi connectivity index (χ3v) is 3.32. The average Bonchev–Trinajstić information content (AvgIpc) is 2.84. The molecule has 6 nitrogen and oxygen atoms in total. The van der Waals surface area contributed by atoms with Crippen LogP contribution in [0.2, 0.25) is 0 Å². The van der Waals surface area contributed by atoms with E-state index in [4.69, 9.17) is 9.52 Å². The lowest BCUT2D eigenvalue weighted by Gasteiger charge is -2.02. The zero-order valence-corrected chi connectivity index (χ0v) is 11.5. The van der Waals surface area contributed by atoms with Crippen molar-refractivity contribution >= 4 is 34.7 Å². The van der Waals surface area contributed by atoms with Gasteiger partial charge in [-0.25, -0.2) is 4.98 Å². The minimum atomic E-state index is -0.861. The van der Waals surface area contributed by atoms with Crippen molar-refractivity contribution in [2.45, 2.75) is 18.1 Å². The Morgan fingerprint density at radius 3 is 2.90 bits per heavy atom. The van der Waals surface area contributed by atoms with E-state index in [1.807, 2.05) is 24.3 Å². The van der Waals surface area contributed by atoms with Crippen LogP contribution in [-0.2, 0) is 9.59 Å². The summed E-state index contributed by atoms with van der Waals surface area (Å²) in [5.41, 5.74) is 1.45. The van der Waals surface area contributed by atoms with E-state index in [2.05, 4.69) is 10.3 Å². The van der Waals surface area contributed by atoms with Gasteiger partial charge in [-0.1, -0.05) is 23.9 Å². The highest BCUT2D eigenvalue weighted by Gasteiger charge is 2.08. The van der Waals surface area contributed by atoms with Crippen LogP contribution in [-0.4, -0.2) is 34.3 Å². The van der Waals surface area contributed by atoms with Gasteiger partial charge in [-0.05, 0) is 18.6 Å². The van der Waals surface area contributed by atoms with E-state index in [0.29, 0.717) is 23.8 Å². The van der Waals surface area contributed by atoms with Gasteiger partial charge in [0.25, 0.3) is 5.22 Å². The zero-order chi connectivity index (χ0) is 14.4. The quantitative estimate of drug-likeness (QED) is 0.598. The number of fused-ring (bicyclic) bond motifs is 1. The molecular formula is C13H14N2O4S. The zero-order valence-electron chi connectivity index (χ0n) is 10.7. The summed E-state index contributed by atoms with van der Waals surface area (Å²) in [4.78, 5) is 26.1. The molecule has 0 aliphatic heterocycles. The molecule has 0 fully saturated rings. The van der Waals surface area contributed by atoms with Crippen molar-refractivity contribution in [3.05, 3.63) is 24.3 Å². The molecule has 0 saturated carbocycles. The van der Waals surface area contributed by atoms with Crippen LogP contribution >= 0.6 is 11.8 Å². The van der Waals surface area contributed by atoms with E-state index in [9.17, 15) is 9.59 Å². The summed E-state index contributed by atoms with van der Waals surface area (Å²) in [6.07, 6.45) is 0.479. The van der Waals surface area contributed by atoms with Crippen molar-refractivity contribution in [1.82, 2.24) is 10.3 Å². The first-order chi connectivity index (χ1) is 9.65. The highest BCUT2D eigenvalue weighted by atomic mass is 32.2. The number of oxazole rings is 1. The maximum Gasteiger partial charge on any atom is 0.303 e. The van der Waals surface area contributed by atoms with E-state index < -0.39 is 5.97 Å². The molecule has 0 bridgehead atoms. The first-order valence-electron chi connectivity index (χ1n) is 6.12. The van der Waals surface area contributed by atoms with Crippen LogP contribution in [0.3, 0.4) is 0 Å². The summed E-state index contributed by atoms with van der Waals surface area (Å²) in [5, 5.41) is 11.6. The Kier molecular flexibility index (Phi) is 5.00. The summed E-state index contributed by atoms with van der Waals surface area (Å²) >= 11 is 1.21. The van der Waals surface area contributed by atoms with Crippen molar-refractivity contribution in [1.29, 1.82) is 0 Å². The fourth-order valence-corrected chi connectivity index (χ4v) is 2.23. The molecular weight excluding hydrogens is 280 g/mol. The summed E-state index contributed by atoms with van der Waals surface area (Å²) < 4.78 is 5.47. The van der Waals surface area contributed by atoms with Crippen LogP contribution < -0.4 is 5.32 Å². The molecule has 0 atom stereocenters. The molecule has 0 aliphatic rings. The summed E-state index contributed by atoms with van der Waals surface area (Å²) in [6, 6.07) is 7.39. The Labute approximate surface area is 119 Å². The molecule has 2 rings (SSSR count). The fourth-order valence-electron chi connectivity index (χ4n) is 1.56. The number of aromatic nitrogens is 1. The Balaban J connectivity index is 1.74. The Bertz CT molecular complexity index is 578. The molecule has 1 aromatic heterocycles. The van der Waals surface area contributed by atoms with Gasteiger partial charge in [0, 0.05) is 13.0 Å². The number of aliphatic carboxylic acids is 1. The predicted octanol–water partition coefficient (Wildman–Crippen LogP) is 1.90. The molecule has 1 aromatic carbocycles. The number of hydrogen-bond acceptors (Lipinski definition) is 5. The number of carbonyl (C=O) groups excluding carboxylic acids is 1. The minimum Gasteiger partial charge on any atom is -0.481 e. The molecule has 0 spiro atoms. The van der Waals surface area contributed by atoms with Gasteiger partial charge < -0.3 is 14.8 Å². The Morgan fingerprint density at radius 2 is 2.15 bits per heavy atom. The van der Waals surface area contributed by atoms with Crippen LogP contribution in [0.5, 0.6) is 0 Å². The van der Waals surface area contributed by atoms with E-state index in [0.717, 1.165) is 5.52 Å². The smallest absolute Gasteiger partial charge is 0.303 e. The lowest BCUT2D eigenvalue weighted by atomic mass is 10.3. The van der Waals surface area contributed by atoms with E-state index in [1.54, 1.807) is 0 Å². The molecule has 1 amide bonds. The first-order valence-corrected chi connectivity index (χ1v) is 7.10. The number of para-hydroxylation sites is 2. The van der Waals surface area contributed by atoms with Crippen molar-refractivity contribution in [2.24, 2.45) is 0 Å². The van der Waals surface area contributed by atoms with Crippen molar-refractivity contribution in [3.8, 4) is 0 Å². The largest absolute Gasteiger partial charge is 0.481 e. The number of amides is 1. The predicted molar refractivity (Wildman–Crippen MR) is 74.6 cm³/mol. The second-order valence-corrected chi connectivity index (χ2v) is 5.01. The number of hydrogen-bond donors (Lipinski definition) is 2. The number of nitrogens with zero attached hydrogens (tertiary/aromatic N) is 1. The van der Waals surface area contributed by atoms with E-state index in [-0.39, 0.29) is 18.1 Å². The Hall–Kier alpha value is -2.02. The topological polar surface area (TPSA) is 92.4 Å². The number of carboxylic acid groups (broad SMARTS) is 1. The molecule has 106 valence electrons. The molecule has 2 N–H and O–H groups in total. The summed E-state index contributed by atoms with van der Waals surface area (Å²) in [7, 11) is 0. The highest BCUT2D eigenvalue weighted by molar-refractivity contribution is 7.99. The van der Waals surface area contributed by atoms with Crippen LogP contribution in [0.4, 0.5) is 0 Å². The molecule has 1 heterocycles. The van der Waals surface area contributed by atoms with Gasteiger partial charge in [0.1, 0.15) is 5.52 Å².